The molecule has 0 aromatic rings. The van der Waals surface area contributed by atoms with Gasteiger partial charge in [0.1, 0.15) is 0 Å². The highest BCUT2D eigenvalue weighted by Crippen LogP contribution is 2.27. The van der Waals surface area contributed by atoms with E-state index < -0.39 is 17.9 Å². The fourth-order valence-electron chi connectivity index (χ4n) is 1.85. The van der Waals surface area contributed by atoms with Gasteiger partial charge in [-0.15, -0.1) is 0 Å². The van der Waals surface area contributed by atoms with Crippen molar-refractivity contribution in [2.45, 2.75) is 19.3 Å². The molecule has 0 aliphatic heterocycles. The summed E-state index contributed by atoms with van der Waals surface area (Å²) in [6, 6.07) is 0. The zero-order valence-electron chi connectivity index (χ0n) is 9.06. The first kappa shape index (κ1) is 11.8. The molecule has 1 atom stereocenters. The number of rotatable bonds is 3. The lowest BCUT2D eigenvalue weighted by Gasteiger charge is -2.23. The Morgan fingerprint density at radius 1 is 1.20 bits per heavy atom. The molecule has 0 saturated carbocycles. The molecule has 1 rings (SSSR count). The predicted octanol–water partition coefficient (Wildman–Crippen LogP) is 1.30. The van der Waals surface area contributed by atoms with Crippen LogP contribution in [0, 0.1) is 11.8 Å². The fraction of sp³-hybridized carbons (Fsp3) is 0.636. The van der Waals surface area contributed by atoms with E-state index >= 15 is 0 Å². The van der Waals surface area contributed by atoms with Gasteiger partial charge < -0.3 is 9.47 Å². The molecule has 1 aliphatic carbocycles. The monoisotopic (exact) mass is 212 g/mol. The first-order chi connectivity index (χ1) is 7.20. The second-order valence-electron chi connectivity index (χ2n) is 3.57. The molecule has 4 nitrogen and oxygen atoms in total. The Bertz CT molecular complexity index is 254. The van der Waals surface area contributed by atoms with Gasteiger partial charge in [0.25, 0.3) is 0 Å². The Labute approximate surface area is 89.2 Å². The summed E-state index contributed by atoms with van der Waals surface area (Å²) in [7, 11) is 2.58. The van der Waals surface area contributed by atoms with Crippen molar-refractivity contribution in [1.82, 2.24) is 0 Å². The number of hydrogen-bond acceptors (Lipinski definition) is 4. The summed E-state index contributed by atoms with van der Waals surface area (Å²) in [5, 5.41) is 0. The summed E-state index contributed by atoms with van der Waals surface area (Å²) in [4.78, 5) is 22.9. The Kier molecular flexibility index (Phi) is 4.34. The van der Waals surface area contributed by atoms with Crippen molar-refractivity contribution in [3.8, 4) is 0 Å². The van der Waals surface area contributed by atoms with Gasteiger partial charge in [0.05, 0.1) is 14.2 Å². The van der Waals surface area contributed by atoms with Crippen molar-refractivity contribution in [3.05, 3.63) is 12.2 Å². The first-order valence-corrected chi connectivity index (χ1v) is 5.01. The third-order valence-corrected chi connectivity index (χ3v) is 2.69. The molecule has 15 heavy (non-hydrogen) atoms. The van der Waals surface area contributed by atoms with Crippen molar-refractivity contribution >= 4 is 11.9 Å². The van der Waals surface area contributed by atoms with Crippen molar-refractivity contribution in [2.75, 3.05) is 14.2 Å². The van der Waals surface area contributed by atoms with Crippen LogP contribution in [0.4, 0.5) is 0 Å². The number of allylic oxidation sites excluding steroid dienone is 2. The van der Waals surface area contributed by atoms with Gasteiger partial charge in [-0.05, 0) is 25.2 Å². The predicted molar refractivity (Wildman–Crippen MR) is 54.0 cm³/mol. The van der Waals surface area contributed by atoms with Gasteiger partial charge in [0.2, 0.25) is 0 Å². The fourth-order valence-corrected chi connectivity index (χ4v) is 1.85. The van der Waals surface area contributed by atoms with E-state index in [1.165, 1.54) is 14.2 Å². The van der Waals surface area contributed by atoms with Crippen LogP contribution in [0.3, 0.4) is 0 Å². The Balaban J connectivity index is 2.75. The molecule has 0 radical (unpaired) electrons. The lowest BCUT2D eigenvalue weighted by Crippen LogP contribution is -2.33. The zero-order valence-corrected chi connectivity index (χ0v) is 9.06. The normalized spacial score (nSPS) is 20.1. The van der Waals surface area contributed by atoms with E-state index in [0.717, 1.165) is 19.3 Å². The minimum absolute atomic E-state index is 0.00917. The Morgan fingerprint density at radius 2 is 1.80 bits per heavy atom. The molecule has 0 amide bonds. The van der Waals surface area contributed by atoms with E-state index in [1.54, 1.807) is 0 Å². The summed E-state index contributed by atoms with van der Waals surface area (Å²) in [6.07, 6.45) is 6.50. The molecule has 0 spiro atoms. The molecular weight excluding hydrogens is 196 g/mol. The second-order valence-corrected chi connectivity index (χ2v) is 3.57. The minimum atomic E-state index is -0.773. The minimum Gasteiger partial charge on any atom is -0.468 e. The zero-order chi connectivity index (χ0) is 11.3. The third kappa shape index (κ3) is 2.81. The van der Waals surface area contributed by atoms with Crippen molar-refractivity contribution < 1.29 is 19.1 Å². The molecular formula is C11H16O4. The number of ether oxygens (including phenoxy) is 2. The van der Waals surface area contributed by atoms with E-state index in [4.69, 9.17) is 0 Å². The molecule has 0 saturated heterocycles. The van der Waals surface area contributed by atoms with Crippen molar-refractivity contribution in [1.29, 1.82) is 0 Å². The second kappa shape index (κ2) is 5.53. The number of hydrogen-bond donors (Lipinski definition) is 0. The average molecular weight is 212 g/mol. The molecule has 0 bridgehead atoms. The molecule has 0 fully saturated rings. The topological polar surface area (TPSA) is 52.6 Å². The van der Waals surface area contributed by atoms with Crippen LogP contribution in [0.1, 0.15) is 19.3 Å². The summed E-state index contributed by atoms with van der Waals surface area (Å²) >= 11 is 0. The third-order valence-electron chi connectivity index (χ3n) is 2.69. The van der Waals surface area contributed by atoms with Crippen LogP contribution in [-0.2, 0) is 19.1 Å². The van der Waals surface area contributed by atoms with E-state index in [-0.39, 0.29) is 5.92 Å². The highest BCUT2D eigenvalue weighted by atomic mass is 16.5. The molecule has 4 heteroatoms. The van der Waals surface area contributed by atoms with Gasteiger partial charge in [-0.25, -0.2) is 0 Å². The Hall–Kier alpha value is -1.32. The number of esters is 2. The molecule has 0 aromatic carbocycles. The van der Waals surface area contributed by atoms with Crippen molar-refractivity contribution in [2.24, 2.45) is 11.8 Å². The Morgan fingerprint density at radius 3 is 2.20 bits per heavy atom. The highest BCUT2D eigenvalue weighted by molar-refractivity contribution is 5.95. The van der Waals surface area contributed by atoms with Gasteiger partial charge in [-0.2, -0.15) is 0 Å². The summed E-state index contributed by atoms with van der Waals surface area (Å²) in [6.45, 7) is 0. The first-order valence-electron chi connectivity index (χ1n) is 5.01. The van der Waals surface area contributed by atoms with Gasteiger partial charge in [0, 0.05) is 0 Å². The van der Waals surface area contributed by atoms with Crippen LogP contribution >= 0.6 is 0 Å². The standard InChI is InChI=1S/C11H16O4/c1-14-10(12)9(11(13)15-2)8-6-4-3-5-7-8/h3-4,8-9H,5-7H2,1-2H3. The average Bonchev–Trinajstić information content (AvgIpc) is 2.30. The molecule has 1 unspecified atom stereocenters. The van der Waals surface area contributed by atoms with Gasteiger partial charge in [-0.1, -0.05) is 12.2 Å². The van der Waals surface area contributed by atoms with Crippen LogP contribution < -0.4 is 0 Å². The van der Waals surface area contributed by atoms with E-state index in [1.807, 2.05) is 6.08 Å². The van der Waals surface area contributed by atoms with Crippen molar-refractivity contribution in [3.63, 3.8) is 0 Å². The van der Waals surface area contributed by atoms with Crippen LogP contribution in [0.25, 0.3) is 0 Å². The van der Waals surface area contributed by atoms with Gasteiger partial charge in [0.15, 0.2) is 5.92 Å². The number of methoxy groups -OCH3 is 2. The SMILES string of the molecule is COC(=O)C(C(=O)OC)C1CC=CCC1. The molecule has 0 aromatic heterocycles. The summed E-state index contributed by atoms with van der Waals surface area (Å²) in [5.41, 5.74) is 0. The number of carbonyl (C=O) groups is 2. The van der Waals surface area contributed by atoms with Gasteiger partial charge in [-0.3, -0.25) is 9.59 Å². The molecule has 0 heterocycles. The van der Waals surface area contributed by atoms with E-state index in [2.05, 4.69) is 15.5 Å². The summed E-state index contributed by atoms with van der Waals surface area (Å²) in [5.74, 6) is -1.76. The smallest absolute Gasteiger partial charge is 0.320 e. The lowest BCUT2D eigenvalue weighted by molar-refractivity contribution is -0.161. The quantitative estimate of drug-likeness (QED) is 0.402. The largest absolute Gasteiger partial charge is 0.468 e. The maximum atomic E-state index is 11.5. The van der Waals surface area contributed by atoms with E-state index in [9.17, 15) is 9.59 Å². The molecule has 1 aliphatic rings. The highest BCUT2D eigenvalue weighted by Gasteiger charge is 2.36. The van der Waals surface area contributed by atoms with Crippen LogP contribution in [0.5, 0.6) is 0 Å². The maximum Gasteiger partial charge on any atom is 0.320 e. The summed E-state index contributed by atoms with van der Waals surface area (Å²) < 4.78 is 9.25. The number of carbonyl (C=O) groups excluding carboxylic acids is 2. The molecule has 84 valence electrons. The van der Waals surface area contributed by atoms with E-state index in [0.29, 0.717) is 0 Å². The maximum absolute atomic E-state index is 11.5. The van der Waals surface area contributed by atoms with Crippen LogP contribution in [0.2, 0.25) is 0 Å². The van der Waals surface area contributed by atoms with Gasteiger partial charge >= 0.3 is 11.9 Å². The lowest BCUT2D eigenvalue weighted by atomic mass is 9.83. The molecule has 0 N–H and O–H groups in total. The van der Waals surface area contributed by atoms with Crippen LogP contribution in [-0.4, -0.2) is 26.2 Å². The van der Waals surface area contributed by atoms with Crippen LogP contribution in [0.15, 0.2) is 12.2 Å².